The third kappa shape index (κ3) is 2.30. The lowest BCUT2D eigenvalue weighted by Crippen LogP contribution is -2.11. The molecule has 0 radical (unpaired) electrons. The van der Waals surface area contributed by atoms with Gasteiger partial charge in [-0.05, 0) is 12.0 Å². The average molecular weight is 232 g/mol. The molecule has 0 amide bonds. The van der Waals surface area contributed by atoms with Crippen molar-refractivity contribution >= 4 is 16.9 Å². The van der Waals surface area contributed by atoms with Crippen molar-refractivity contribution in [3.8, 4) is 0 Å². The van der Waals surface area contributed by atoms with E-state index < -0.39 is 0 Å². The number of para-hydroxylation sites is 1. The smallest absolute Gasteiger partial charge is 0.359 e. The predicted octanol–water partition coefficient (Wildman–Crippen LogP) is 2.39. The van der Waals surface area contributed by atoms with Crippen molar-refractivity contribution in [1.82, 2.24) is 9.78 Å². The molecule has 0 aliphatic heterocycles. The van der Waals surface area contributed by atoms with Crippen LogP contribution in [-0.4, -0.2) is 22.4 Å². The highest BCUT2D eigenvalue weighted by Gasteiger charge is 2.17. The van der Waals surface area contributed by atoms with Gasteiger partial charge in [-0.15, -0.1) is 0 Å². The molecule has 0 saturated heterocycles. The largest absolute Gasteiger partial charge is 0.461 e. The zero-order valence-electron chi connectivity index (χ0n) is 10.3. The van der Waals surface area contributed by atoms with Gasteiger partial charge in [0.25, 0.3) is 0 Å². The zero-order chi connectivity index (χ0) is 12.4. The standard InChI is InChI=1S/C13H16N2O2/c1-9(2)8-17-13(16)12-10-6-4-5-7-11(10)15(3)14-12/h4-7,9H,8H2,1-3H3. The first-order valence-corrected chi connectivity index (χ1v) is 5.68. The van der Waals surface area contributed by atoms with E-state index >= 15 is 0 Å². The van der Waals surface area contributed by atoms with Gasteiger partial charge in [-0.2, -0.15) is 5.10 Å². The van der Waals surface area contributed by atoms with Gasteiger partial charge in [0, 0.05) is 12.4 Å². The molecule has 0 aliphatic rings. The number of aryl methyl sites for hydroxylation is 1. The van der Waals surface area contributed by atoms with Crippen molar-refractivity contribution in [2.24, 2.45) is 13.0 Å². The highest BCUT2D eigenvalue weighted by molar-refractivity contribution is 6.02. The Morgan fingerprint density at radius 2 is 2.12 bits per heavy atom. The van der Waals surface area contributed by atoms with E-state index in [2.05, 4.69) is 5.10 Å². The minimum absolute atomic E-state index is 0.328. The fourth-order valence-corrected chi connectivity index (χ4v) is 1.68. The topological polar surface area (TPSA) is 44.1 Å². The summed E-state index contributed by atoms with van der Waals surface area (Å²) in [4.78, 5) is 11.9. The highest BCUT2D eigenvalue weighted by Crippen LogP contribution is 2.18. The summed E-state index contributed by atoms with van der Waals surface area (Å²) in [7, 11) is 1.82. The molecule has 0 saturated carbocycles. The van der Waals surface area contributed by atoms with Gasteiger partial charge in [-0.3, -0.25) is 4.68 Å². The lowest BCUT2D eigenvalue weighted by Gasteiger charge is -2.05. The van der Waals surface area contributed by atoms with Crippen molar-refractivity contribution < 1.29 is 9.53 Å². The Morgan fingerprint density at radius 3 is 2.82 bits per heavy atom. The molecule has 1 aromatic heterocycles. The Bertz CT molecular complexity index is 543. The van der Waals surface area contributed by atoms with Crippen LogP contribution in [0, 0.1) is 5.92 Å². The van der Waals surface area contributed by atoms with Crippen molar-refractivity contribution in [3.63, 3.8) is 0 Å². The number of hydrogen-bond acceptors (Lipinski definition) is 3. The molecular formula is C13H16N2O2. The Labute approximate surface area is 100 Å². The van der Waals surface area contributed by atoms with Gasteiger partial charge in [0.1, 0.15) is 0 Å². The third-order valence-electron chi connectivity index (χ3n) is 2.50. The fraction of sp³-hybridized carbons (Fsp3) is 0.385. The third-order valence-corrected chi connectivity index (χ3v) is 2.50. The minimum atomic E-state index is -0.351. The van der Waals surface area contributed by atoms with Crippen LogP contribution in [0.4, 0.5) is 0 Å². The van der Waals surface area contributed by atoms with E-state index in [-0.39, 0.29) is 5.97 Å². The van der Waals surface area contributed by atoms with E-state index in [9.17, 15) is 4.79 Å². The summed E-state index contributed by atoms with van der Waals surface area (Å²) in [5.41, 5.74) is 1.33. The molecule has 2 rings (SSSR count). The fourth-order valence-electron chi connectivity index (χ4n) is 1.68. The van der Waals surface area contributed by atoms with Gasteiger partial charge in [0.2, 0.25) is 0 Å². The van der Waals surface area contributed by atoms with Crippen molar-refractivity contribution in [2.75, 3.05) is 6.61 Å². The maximum atomic E-state index is 11.9. The molecule has 1 heterocycles. The van der Waals surface area contributed by atoms with Crippen LogP contribution in [0.25, 0.3) is 10.9 Å². The number of carbonyl (C=O) groups excluding carboxylic acids is 1. The first-order valence-electron chi connectivity index (χ1n) is 5.68. The normalized spacial score (nSPS) is 11.1. The van der Waals surface area contributed by atoms with E-state index in [0.29, 0.717) is 18.2 Å². The predicted molar refractivity (Wildman–Crippen MR) is 65.8 cm³/mol. The lowest BCUT2D eigenvalue weighted by molar-refractivity contribution is 0.0453. The van der Waals surface area contributed by atoms with Crippen LogP contribution in [0.1, 0.15) is 24.3 Å². The summed E-state index contributed by atoms with van der Waals surface area (Å²) in [5.74, 6) is -0.0237. The maximum absolute atomic E-state index is 11.9. The molecule has 0 N–H and O–H groups in total. The molecule has 4 nitrogen and oxygen atoms in total. The summed E-state index contributed by atoms with van der Waals surface area (Å²) in [6, 6.07) is 7.63. The van der Waals surface area contributed by atoms with Crippen LogP contribution in [0.5, 0.6) is 0 Å². The van der Waals surface area contributed by atoms with Crippen LogP contribution in [0.2, 0.25) is 0 Å². The molecule has 0 fully saturated rings. The summed E-state index contributed by atoms with van der Waals surface area (Å²) in [6.45, 7) is 4.43. The second-order valence-corrected chi connectivity index (χ2v) is 4.48. The Balaban J connectivity index is 2.32. The Kier molecular flexibility index (Phi) is 3.13. The van der Waals surface area contributed by atoms with E-state index in [4.69, 9.17) is 4.74 Å². The molecule has 0 spiro atoms. The molecule has 2 aromatic rings. The van der Waals surface area contributed by atoms with Crippen LogP contribution < -0.4 is 0 Å². The first kappa shape index (κ1) is 11.6. The molecule has 0 atom stereocenters. The van der Waals surface area contributed by atoms with Gasteiger partial charge in [0.05, 0.1) is 12.1 Å². The number of esters is 1. The minimum Gasteiger partial charge on any atom is -0.461 e. The highest BCUT2D eigenvalue weighted by atomic mass is 16.5. The van der Waals surface area contributed by atoms with Crippen LogP contribution in [0.15, 0.2) is 24.3 Å². The van der Waals surface area contributed by atoms with Crippen molar-refractivity contribution in [2.45, 2.75) is 13.8 Å². The van der Waals surface area contributed by atoms with E-state index in [1.54, 1.807) is 4.68 Å². The maximum Gasteiger partial charge on any atom is 0.359 e. The molecule has 4 heteroatoms. The molecule has 0 unspecified atom stereocenters. The SMILES string of the molecule is CC(C)COC(=O)c1nn(C)c2ccccc12. The number of hydrogen-bond donors (Lipinski definition) is 0. The zero-order valence-corrected chi connectivity index (χ0v) is 10.3. The molecule has 0 bridgehead atoms. The number of aromatic nitrogens is 2. The summed E-state index contributed by atoms with van der Waals surface area (Å²) in [6.07, 6.45) is 0. The van der Waals surface area contributed by atoms with Crippen LogP contribution in [0.3, 0.4) is 0 Å². The lowest BCUT2D eigenvalue weighted by atomic mass is 10.2. The Hall–Kier alpha value is -1.84. The van der Waals surface area contributed by atoms with Gasteiger partial charge in [-0.25, -0.2) is 4.79 Å². The van der Waals surface area contributed by atoms with E-state index in [1.807, 2.05) is 45.2 Å². The van der Waals surface area contributed by atoms with Gasteiger partial charge >= 0.3 is 5.97 Å². The molecule has 90 valence electrons. The average Bonchev–Trinajstić information content (AvgIpc) is 2.65. The van der Waals surface area contributed by atoms with Crippen LogP contribution in [-0.2, 0) is 11.8 Å². The first-order chi connectivity index (χ1) is 8.09. The van der Waals surface area contributed by atoms with Crippen molar-refractivity contribution in [3.05, 3.63) is 30.0 Å². The molecule has 0 aliphatic carbocycles. The monoisotopic (exact) mass is 232 g/mol. The second-order valence-electron chi connectivity index (χ2n) is 4.48. The number of carbonyl (C=O) groups is 1. The van der Waals surface area contributed by atoms with E-state index in [0.717, 1.165) is 10.9 Å². The molecule has 17 heavy (non-hydrogen) atoms. The number of rotatable bonds is 3. The van der Waals surface area contributed by atoms with Gasteiger partial charge in [0.15, 0.2) is 5.69 Å². The number of benzene rings is 1. The number of fused-ring (bicyclic) bond motifs is 1. The quantitative estimate of drug-likeness (QED) is 0.763. The summed E-state index contributed by atoms with van der Waals surface area (Å²) in [5, 5.41) is 5.05. The Morgan fingerprint density at radius 1 is 1.41 bits per heavy atom. The van der Waals surface area contributed by atoms with Gasteiger partial charge < -0.3 is 4.74 Å². The molecular weight excluding hydrogens is 216 g/mol. The number of nitrogens with zero attached hydrogens (tertiary/aromatic N) is 2. The van der Waals surface area contributed by atoms with Crippen LogP contribution >= 0.6 is 0 Å². The molecule has 1 aromatic carbocycles. The summed E-state index contributed by atoms with van der Waals surface area (Å²) >= 11 is 0. The second kappa shape index (κ2) is 4.57. The summed E-state index contributed by atoms with van der Waals surface area (Å²) < 4.78 is 6.89. The van der Waals surface area contributed by atoms with Gasteiger partial charge in [-0.1, -0.05) is 32.0 Å². The van der Waals surface area contributed by atoms with Crippen molar-refractivity contribution in [1.29, 1.82) is 0 Å². The van der Waals surface area contributed by atoms with E-state index in [1.165, 1.54) is 0 Å². The number of ether oxygens (including phenoxy) is 1.